The monoisotopic (exact) mass is 459 g/mol. The average Bonchev–Trinajstić information content (AvgIpc) is 3.28. The van der Waals surface area contributed by atoms with E-state index in [0.29, 0.717) is 35.2 Å². The Bertz CT molecular complexity index is 1240. The van der Waals surface area contributed by atoms with E-state index in [9.17, 15) is 9.59 Å². The SMILES string of the molecule is CCCNC(=O)c1cccc(CNC(=O)c2ccccc2CSc2nc3ccccc3o2)c1. The number of hydrogen-bond acceptors (Lipinski definition) is 5. The van der Waals surface area contributed by atoms with Gasteiger partial charge in [0.25, 0.3) is 17.0 Å². The number of nitrogens with zero attached hydrogens (tertiary/aromatic N) is 1. The van der Waals surface area contributed by atoms with Crippen molar-refractivity contribution in [3.8, 4) is 0 Å². The van der Waals surface area contributed by atoms with Gasteiger partial charge in [-0.05, 0) is 47.9 Å². The maximum Gasteiger partial charge on any atom is 0.257 e. The molecule has 7 heteroatoms. The van der Waals surface area contributed by atoms with Crippen LogP contribution in [-0.4, -0.2) is 23.3 Å². The molecular formula is C26H25N3O3S. The molecular weight excluding hydrogens is 434 g/mol. The smallest absolute Gasteiger partial charge is 0.257 e. The van der Waals surface area contributed by atoms with Crippen LogP contribution >= 0.6 is 11.8 Å². The summed E-state index contributed by atoms with van der Waals surface area (Å²) < 4.78 is 5.77. The number of oxazole rings is 1. The molecule has 0 aliphatic carbocycles. The number of carbonyl (C=O) groups is 2. The molecule has 4 aromatic rings. The van der Waals surface area contributed by atoms with Crippen molar-refractivity contribution in [1.29, 1.82) is 0 Å². The molecule has 0 saturated carbocycles. The van der Waals surface area contributed by atoms with Crippen LogP contribution in [0.2, 0.25) is 0 Å². The number of amides is 2. The second kappa shape index (κ2) is 10.8. The highest BCUT2D eigenvalue weighted by Crippen LogP contribution is 2.27. The van der Waals surface area contributed by atoms with Crippen molar-refractivity contribution in [1.82, 2.24) is 15.6 Å². The first-order chi connectivity index (χ1) is 16.1. The van der Waals surface area contributed by atoms with E-state index in [-0.39, 0.29) is 11.8 Å². The number of fused-ring (bicyclic) bond motifs is 1. The van der Waals surface area contributed by atoms with E-state index in [2.05, 4.69) is 15.6 Å². The zero-order valence-electron chi connectivity index (χ0n) is 18.3. The van der Waals surface area contributed by atoms with Gasteiger partial charge >= 0.3 is 0 Å². The zero-order valence-corrected chi connectivity index (χ0v) is 19.2. The second-order valence-corrected chi connectivity index (χ2v) is 8.46. The Morgan fingerprint density at radius 3 is 2.61 bits per heavy atom. The fraction of sp³-hybridized carbons (Fsp3) is 0.192. The van der Waals surface area contributed by atoms with Gasteiger partial charge in [-0.1, -0.05) is 61.2 Å². The lowest BCUT2D eigenvalue weighted by molar-refractivity contribution is 0.0946. The standard InChI is InChI=1S/C26H25N3O3S/c1-2-14-27-24(30)19-10-7-8-18(15-19)16-28-25(31)21-11-4-3-9-20(21)17-33-26-29-22-12-5-6-13-23(22)32-26/h3-13,15H,2,14,16-17H2,1H3,(H,27,30)(H,28,31). The molecule has 6 nitrogen and oxygen atoms in total. The fourth-order valence-corrected chi connectivity index (χ4v) is 4.20. The number of benzene rings is 3. The van der Waals surface area contributed by atoms with Gasteiger partial charge < -0.3 is 15.1 Å². The number of nitrogens with one attached hydrogen (secondary N) is 2. The Balaban J connectivity index is 1.39. The first-order valence-corrected chi connectivity index (χ1v) is 11.8. The molecule has 0 radical (unpaired) electrons. The van der Waals surface area contributed by atoms with Crippen LogP contribution in [0.3, 0.4) is 0 Å². The molecule has 1 heterocycles. The van der Waals surface area contributed by atoms with E-state index >= 15 is 0 Å². The summed E-state index contributed by atoms with van der Waals surface area (Å²) in [5.41, 5.74) is 4.53. The number of para-hydroxylation sites is 2. The lowest BCUT2D eigenvalue weighted by Crippen LogP contribution is -2.25. The minimum atomic E-state index is -0.162. The van der Waals surface area contributed by atoms with Crippen LogP contribution in [0.4, 0.5) is 0 Å². The van der Waals surface area contributed by atoms with Crippen LogP contribution in [-0.2, 0) is 12.3 Å². The van der Waals surface area contributed by atoms with Crippen molar-refractivity contribution < 1.29 is 14.0 Å². The molecule has 0 aliphatic heterocycles. The van der Waals surface area contributed by atoms with E-state index < -0.39 is 0 Å². The molecule has 33 heavy (non-hydrogen) atoms. The minimum Gasteiger partial charge on any atom is -0.431 e. The third kappa shape index (κ3) is 5.81. The maximum atomic E-state index is 12.9. The van der Waals surface area contributed by atoms with Gasteiger partial charge in [-0.3, -0.25) is 9.59 Å². The summed E-state index contributed by atoms with van der Waals surface area (Å²) in [6.45, 7) is 2.98. The van der Waals surface area contributed by atoms with Crippen LogP contribution in [0.15, 0.2) is 82.4 Å². The number of carbonyl (C=O) groups excluding carboxylic acids is 2. The molecule has 0 saturated heterocycles. The van der Waals surface area contributed by atoms with Gasteiger partial charge in [-0.25, -0.2) is 4.98 Å². The summed E-state index contributed by atoms with van der Waals surface area (Å²) in [7, 11) is 0. The van der Waals surface area contributed by atoms with Crippen LogP contribution in [0.25, 0.3) is 11.1 Å². The van der Waals surface area contributed by atoms with Gasteiger partial charge in [-0.2, -0.15) is 0 Å². The van der Waals surface area contributed by atoms with Crippen molar-refractivity contribution in [2.45, 2.75) is 30.9 Å². The Morgan fingerprint density at radius 2 is 1.76 bits per heavy atom. The summed E-state index contributed by atoms with van der Waals surface area (Å²) in [6.07, 6.45) is 0.881. The Kier molecular flexibility index (Phi) is 7.42. The molecule has 0 aliphatic rings. The van der Waals surface area contributed by atoms with Gasteiger partial charge in [0.05, 0.1) is 0 Å². The second-order valence-electron chi connectivity index (χ2n) is 7.53. The van der Waals surface area contributed by atoms with Crippen LogP contribution in [0.5, 0.6) is 0 Å². The predicted octanol–water partition coefficient (Wildman–Crippen LogP) is 5.19. The van der Waals surface area contributed by atoms with E-state index in [0.717, 1.165) is 28.6 Å². The van der Waals surface area contributed by atoms with E-state index in [1.54, 1.807) is 12.1 Å². The number of aromatic nitrogens is 1. The van der Waals surface area contributed by atoms with Crippen molar-refractivity contribution in [2.24, 2.45) is 0 Å². The summed E-state index contributed by atoms with van der Waals surface area (Å²) in [5, 5.41) is 6.41. The van der Waals surface area contributed by atoms with Gasteiger partial charge in [0.15, 0.2) is 5.58 Å². The Hall–Kier alpha value is -3.58. The largest absolute Gasteiger partial charge is 0.431 e. The third-order valence-corrected chi connectivity index (χ3v) is 5.94. The first kappa shape index (κ1) is 22.6. The minimum absolute atomic E-state index is 0.105. The lowest BCUT2D eigenvalue weighted by Gasteiger charge is -2.10. The molecule has 0 atom stereocenters. The van der Waals surface area contributed by atoms with Crippen molar-refractivity contribution >= 4 is 34.7 Å². The number of thioether (sulfide) groups is 1. The van der Waals surface area contributed by atoms with Crippen LogP contribution in [0, 0.1) is 0 Å². The molecule has 0 spiro atoms. The van der Waals surface area contributed by atoms with Crippen molar-refractivity contribution in [3.63, 3.8) is 0 Å². The van der Waals surface area contributed by atoms with Crippen LogP contribution < -0.4 is 10.6 Å². The summed E-state index contributed by atoms with van der Waals surface area (Å²) >= 11 is 1.45. The highest BCUT2D eigenvalue weighted by molar-refractivity contribution is 7.98. The molecule has 1 aromatic heterocycles. The summed E-state index contributed by atoms with van der Waals surface area (Å²) in [5.74, 6) is 0.292. The molecule has 2 amide bonds. The normalized spacial score (nSPS) is 10.8. The first-order valence-electron chi connectivity index (χ1n) is 10.9. The quantitative estimate of drug-likeness (QED) is 0.337. The Labute approximate surface area is 196 Å². The molecule has 0 fully saturated rings. The third-order valence-electron chi connectivity index (χ3n) is 5.07. The van der Waals surface area contributed by atoms with Crippen molar-refractivity contribution in [2.75, 3.05) is 6.54 Å². The fourth-order valence-electron chi connectivity index (χ4n) is 3.36. The van der Waals surface area contributed by atoms with Gasteiger partial charge in [0.2, 0.25) is 0 Å². The molecule has 4 rings (SSSR count). The van der Waals surface area contributed by atoms with Crippen LogP contribution in [0.1, 0.15) is 45.2 Å². The highest BCUT2D eigenvalue weighted by atomic mass is 32.2. The van der Waals surface area contributed by atoms with Crippen molar-refractivity contribution in [3.05, 3.63) is 95.1 Å². The summed E-state index contributed by atoms with van der Waals surface area (Å²) in [4.78, 5) is 29.6. The molecule has 2 N–H and O–H groups in total. The molecule has 3 aromatic carbocycles. The average molecular weight is 460 g/mol. The molecule has 0 bridgehead atoms. The van der Waals surface area contributed by atoms with E-state index in [4.69, 9.17) is 4.42 Å². The Morgan fingerprint density at radius 1 is 0.939 bits per heavy atom. The molecule has 168 valence electrons. The zero-order chi connectivity index (χ0) is 23.0. The molecule has 0 unspecified atom stereocenters. The maximum absolute atomic E-state index is 12.9. The van der Waals surface area contributed by atoms with E-state index in [1.165, 1.54) is 11.8 Å². The lowest BCUT2D eigenvalue weighted by atomic mass is 10.1. The number of rotatable bonds is 9. The van der Waals surface area contributed by atoms with Gasteiger partial charge in [0, 0.05) is 30.0 Å². The number of hydrogen-bond donors (Lipinski definition) is 2. The topological polar surface area (TPSA) is 84.2 Å². The van der Waals surface area contributed by atoms with Gasteiger partial charge in [-0.15, -0.1) is 0 Å². The predicted molar refractivity (Wildman–Crippen MR) is 130 cm³/mol. The van der Waals surface area contributed by atoms with Gasteiger partial charge in [0.1, 0.15) is 5.52 Å². The summed E-state index contributed by atoms with van der Waals surface area (Å²) in [6, 6.07) is 22.4. The highest BCUT2D eigenvalue weighted by Gasteiger charge is 2.13. The van der Waals surface area contributed by atoms with E-state index in [1.807, 2.05) is 67.6 Å².